The zero-order valence-corrected chi connectivity index (χ0v) is 13.2. The molecule has 1 amide bonds. The van der Waals surface area contributed by atoms with E-state index in [0.29, 0.717) is 12.2 Å². The Morgan fingerprint density at radius 1 is 1.38 bits per heavy atom. The third-order valence-corrected chi connectivity index (χ3v) is 5.89. The quantitative estimate of drug-likeness (QED) is 0.832. The van der Waals surface area contributed by atoms with Gasteiger partial charge in [0, 0.05) is 32.9 Å². The van der Waals surface area contributed by atoms with Gasteiger partial charge >= 0.3 is 0 Å². The first-order valence-corrected chi connectivity index (χ1v) is 8.09. The number of pyridine rings is 1. The zero-order chi connectivity index (χ0) is 15.8. The van der Waals surface area contributed by atoms with E-state index < -0.39 is 15.6 Å². The average molecular weight is 312 g/mol. The second-order valence-corrected chi connectivity index (χ2v) is 7.35. The SMILES string of the molecule is CN1CCN(S(=O)(=O)c2cccnc2CN)C(C)(C)C1=O. The predicted molar refractivity (Wildman–Crippen MR) is 77.7 cm³/mol. The first kappa shape index (κ1) is 15.9. The van der Waals surface area contributed by atoms with Gasteiger partial charge in [0.05, 0.1) is 5.69 Å². The largest absolute Gasteiger partial charge is 0.343 e. The molecule has 1 aromatic heterocycles. The highest BCUT2D eigenvalue weighted by Gasteiger charge is 2.47. The Morgan fingerprint density at radius 2 is 2.05 bits per heavy atom. The number of aromatic nitrogens is 1. The van der Waals surface area contributed by atoms with Gasteiger partial charge < -0.3 is 10.6 Å². The Morgan fingerprint density at radius 3 is 2.67 bits per heavy atom. The molecule has 0 radical (unpaired) electrons. The van der Waals surface area contributed by atoms with Crippen molar-refractivity contribution in [1.29, 1.82) is 0 Å². The maximum atomic E-state index is 12.9. The van der Waals surface area contributed by atoms with Gasteiger partial charge in [0.25, 0.3) is 0 Å². The van der Waals surface area contributed by atoms with Gasteiger partial charge in [-0.25, -0.2) is 8.42 Å². The van der Waals surface area contributed by atoms with Crippen LogP contribution in [0, 0.1) is 0 Å². The van der Waals surface area contributed by atoms with E-state index in [1.54, 1.807) is 31.9 Å². The first-order valence-electron chi connectivity index (χ1n) is 6.65. The van der Waals surface area contributed by atoms with Crippen LogP contribution in [-0.2, 0) is 21.4 Å². The molecule has 2 heterocycles. The summed E-state index contributed by atoms with van der Waals surface area (Å²) < 4.78 is 27.0. The van der Waals surface area contributed by atoms with Gasteiger partial charge in [0.2, 0.25) is 15.9 Å². The first-order chi connectivity index (χ1) is 9.72. The van der Waals surface area contributed by atoms with Crippen molar-refractivity contribution in [3.63, 3.8) is 0 Å². The molecule has 1 aromatic rings. The minimum absolute atomic E-state index is 0.0253. The Kier molecular flexibility index (Phi) is 4.05. The molecular weight excluding hydrogens is 292 g/mol. The fourth-order valence-electron chi connectivity index (χ4n) is 2.55. The number of nitrogens with two attached hydrogens (primary N) is 1. The van der Waals surface area contributed by atoms with E-state index in [1.165, 1.54) is 16.6 Å². The maximum absolute atomic E-state index is 12.9. The molecule has 1 aliphatic heterocycles. The Bertz CT molecular complexity index is 657. The van der Waals surface area contributed by atoms with E-state index >= 15 is 0 Å². The van der Waals surface area contributed by atoms with Gasteiger partial charge in [0.15, 0.2) is 0 Å². The van der Waals surface area contributed by atoms with Crippen molar-refractivity contribution in [1.82, 2.24) is 14.2 Å². The Balaban J connectivity index is 2.51. The number of hydrogen-bond donors (Lipinski definition) is 1. The van der Waals surface area contributed by atoms with Crippen LogP contribution in [0.25, 0.3) is 0 Å². The lowest BCUT2D eigenvalue weighted by Crippen LogP contribution is -2.63. The van der Waals surface area contributed by atoms with Crippen molar-refractivity contribution in [2.24, 2.45) is 5.73 Å². The van der Waals surface area contributed by atoms with E-state index in [2.05, 4.69) is 4.98 Å². The summed E-state index contributed by atoms with van der Waals surface area (Å²) in [4.78, 5) is 17.9. The molecule has 116 valence electrons. The molecule has 7 nitrogen and oxygen atoms in total. The van der Waals surface area contributed by atoms with Crippen molar-refractivity contribution in [2.75, 3.05) is 20.1 Å². The number of amides is 1. The van der Waals surface area contributed by atoms with Crippen LogP contribution in [0.2, 0.25) is 0 Å². The molecule has 0 bridgehead atoms. The van der Waals surface area contributed by atoms with Crippen LogP contribution in [0.5, 0.6) is 0 Å². The number of likely N-dealkylation sites (N-methyl/N-ethyl adjacent to an activating group) is 1. The van der Waals surface area contributed by atoms with Crippen LogP contribution in [0.3, 0.4) is 0 Å². The lowest BCUT2D eigenvalue weighted by Gasteiger charge is -2.43. The van der Waals surface area contributed by atoms with Crippen molar-refractivity contribution in [3.8, 4) is 0 Å². The van der Waals surface area contributed by atoms with Crippen LogP contribution >= 0.6 is 0 Å². The summed E-state index contributed by atoms with van der Waals surface area (Å²) in [6.45, 7) is 3.86. The number of rotatable bonds is 3. The molecule has 1 aliphatic rings. The molecular formula is C13H20N4O3S. The van der Waals surface area contributed by atoms with Crippen molar-refractivity contribution >= 4 is 15.9 Å². The summed E-state index contributed by atoms with van der Waals surface area (Å²) in [6, 6.07) is 3.03. The third-order valence-electron chi connectivity index (χ3n) is 3.74. The molecule has 0 aromatic carbocycles. The second-order valence-electron chi connectivity index (χ2n) is 5.52. The fourth-order valence-corrected chi connectivity index (χ4v) is 4.47. The monoisotopic (exact) mass is 312 g/mol. The third kappa shape index (κ3) is 2.54. The summed E-state index contributed by atoms with van der Waals surface area (Å²) in [7, 11) is -2.16. The molecule has 8 heteroatoms. The fraction of sp³-hybridized carbons (Fsp3) is 0.538. The minimum atomic E-state index is -3.83. The van der Waals surface area contributed by atoms with E-state index in [9.17, 15) is 13.2 Å². The topological polar surface area (TPSA) is 96.6 Å². The van der Waals surface area contributed by atoms with Crippen molar-refractivity contribution in [3.05, 3.63) is 24.0 Å². The van der Waals surface area contributed by atoms with E-state index in [4.69, 9.17) is 5.73 Å². The summed E-state index contributed by atoms with van der Waals surface area (Å²) in [6.07, 6.45) is 1.50. The summed E-state index contributed by atoms with van der Waals surface area (Å²) >= 11 is 0. The van der Waals surface area contributed by atoms with Gasteiger partial charge in [0.1, 0.15) is 10.4 Å². The predicted octanol–water partition coefficient (Wildman–Crippen LogP) is -0.218. The molecule has 2 N–H and O–H groups in total. The molecule has 2 rings (SSSR count). The zero-order valence-electron chi connectivity index (χ0n) is 12.4. The highest BCUT2D eigenvalue weighted by atomic mass is 32.2. The van der Waals surface area contributed by atoms with E-state index in [1.807, 2.05) is 0 Å². The molecule has 1 fully saturated rings. The van der Waals surface area contributed by atoms with Crippen molar-refractivity contribution in [2.45, 2.75) is 30.8 Å². The molecule has 0 atom stereocenters. The lowest BCUT2D eigenvalue weighted by atomic mass is 10.0. The van der Waals surface area contributed by atoms with Crippen LogP contribution in [0.4, 0.5) is 0 Å². The Hall–Kier alpha value is -1.51. The summed E-state index contributed by atoms with van der Waals surface area (Å²) in [5.41, 5.74) is 4.75. The molecule has 0 saturated carbocycles. The number of carbonyl (C=O) groups excluding carboxylic acids is 1. The average Bonchev–Trinajstić information content (AvgIpc) is 2.44. The molecule has 0 spiro atoms. The van der Waals surface area contributed by atoms with Gasteiger partial charge in [-0.1, -0.05) is 0 Å². The summed E-state index contributed by atoms with van der Waals surface area (Å²) in [5.74, 6) is -0.226. The van der Waals surface area contributed by atoms with Gasteiger partial charge in [-0.2, -0.15) is 4.31 Å². The van der Waals surface area contributed by atoms with Gasteiger partial charge in [-0.3, -0.25) is 9.78 Å². The molecule has 0 aliphatic carbocycles. The van der Waals surface area contributed by atoms with Crippen LogP contribution in [-0.4, -0.2) is 54.2 Å². The highest BCUT2D eigenvalue weighted by Crippen LogP contribution is 2.29. The van der Waals surface area contributed by atoms with Crippen molar-refractivity contribution < 1.29 is 13.2 Å². The van der Waals surface area contributed by atoms with Gasteiger partial charge in [-0.05, 0) is 26.0 Å². The molecule has 0 unspecified atom stereocenters. The lowest BCUT2D eigenvalue weighted by molar-refractivity contribution is -0.142. The number of sulfonamides is 1. The molecule has 1 saturated heterocycles. The standard InChI is InChI=1S/C13H20N4O3S/c1-13(2)12(18)16(3)7-8-17(13)21(19,20)11-5-4-6-15-10(11)9-14/h4-6H,7-9,14H2,1-3H3. The van der Waals surface area contributed by atoms with Crippen LogP contribution in [0.15, 0.2) is 23.2 Å². The highest BCUT2D eigenvalue weighted by molar-refractivity contribution is 7.89. The smallest absolute Gasteiger partial charge is 0.245 e. The van der Waals surface area contributed by atoms with Crippen LogP contribution < -0.4 is 5.73 Å². The Labute approximate surface area is 124 Å². The maximum Gasteiger partial charge on any atom is 0.245 e. The number of piperazine rings is 1. The number of hydrogen-bond acceptors (Lipinski definition) is 5. The van der Waals surface area contributed by atoms with E-state index in [0.717, 1.165) is 0 Å². The van der Waals surface area contributed by atoms with Gasteiger partial charge in [-0.15, -0.1) is 0 Å². The second kappa shape index (κ2) is 5.36. The summed E-state index contributed by atoms with van der Waals surface area (Å²) in [5, 5.41) is 0. The number of nitrogens with zero attached hydrogens (tertiary/aromatic N) is 3. The number of carbonyl (C=O) groups is 1. The minimum Gasteiger partial charge on any atom is -0.343 e. The normalized spacial score (nSPS) is 19.8. The van der Waals surface area contributed by atoms with Crippen LogP contribution in [0.1, 0.15) is 19.5 Å². The van der Waals surface area contributed by atoms with E-state index in [-0.39, 0.29) is 23.9 Å². The molecule has 21 heavy (non-hydrogen) atoms.